The van der Waals surface area contributed by atoms with Gasteiger partial charge in [-0.3, -0.25) is 4.79 Å². The summed E-state index contributed by atoms with van der Waals surface area (Å²) in [5.41, 5.74) is 0. The van der Waals surface area contributed by atoms with Gasteiger partial charge in [-0.2, -0.15) is 0 Å². The summed E-state index contributed by atoms with van der Waals surface area (Å²) in [5.74, 6) is -1.26. The third-order valence-electron chi connectivity index (χ3n) is 1.57. The Balaban J connectivity index is 3.08. The van der Waals surface area contributed by atoms with Gasteiger partial charge in [0.15, 0.2) is 0 Å². The number of carboxylic acid groups (broad SMARTS) is 1. The van der Waals surface area contributed by atoms with Gasteiger partial charge in [0, 0.05) is 19.1 Å². The average Bonchev–Trinajstić information content (AvgIpc) is 2.21. The Kier molecular flexibility index (Phi) is 8.37. The van der Waals surface area contributed by atoms with Gasteiger partial charge >= 0.3 is 11.9 Å². The molecule has 0 atom stereocenters. The van der Waals surface area contributed by atoms with Gasteiger partial charge in [0.25, 0.3) is 0 Å². The summed E-state index contributed by atoms with van der Waals surface area (Å²) in [4.78, 5) is 20.7. The van der Waals surface area contributed by atoms with Crippen LogP contribution in [0.15, 0.2) is 12.7 Å². The number of hydrogen-bond acceptors (Lipinski definition) is 4. The van der Waals surface area contributed by atoms with Crippen molar-refractivity contribution < 1.29 is 24.2 Å². The first-order chi connectivity index (χ1) is 7.16. The molecule has 0 aliphatic rings. The van der Waals surface area contributed by atoms with Gasteiger partial charge in [-0.15, -0.1) is 0 Å². The Hall–Kier alpha value is -1.36. The van der Waals surface area contributed by atoms with E-state index in [1.165, 1.54) is 0 Å². The fourth-order valence-corrected chi connectivity index (χ4v) is 0.843. The van der Waals surface area contributed by atoms with Crippen molar-refractivity contribution in [2.45, 2.75) is 19.3 Å². The summed E-state index contributed by atoms with van der Waals surface area (Å²) in [6.45, 7) is 4.25. The predicted octanol–water partition coefficient (Wildman–Crippen LogP) is 0.987. The normalized spacial score (nSPS) is 9.60. The first-order valence-electron chi connectivity index (χ1n) is 4.75. The van der Waals surface area contributed by atoms with E-state index in [1.807, 2.05) is 0 Å². The van der Waals surface area contributed by atoms with Crippen LogP contribution < -0.4 is 0 Å². The number of ether oxygens (including phenoxy) is 2. The third-order valence-corrected chi connectivity index (χ3v) is 1.57. The zero-order valence-electron chi connectivity index (χ0n) is 8.61. The number of carbonyl (C=O) groups excluding carboxylic acids is 1. The SMILES string of the molecule is C=CC(=O)OCCOCCCCC(=O)O. The molecule has 5 nitrogen and oxygen atoms in total. The quantitative estimate of drug-likeness (QED) is 0.353. The second-order valence-electron chi connectivity index (χ2n) is 2.83. The van der Waals surface area contributed by atoms with Crippen molar-refractivity contribution in [2.24, 2.45) is 0 Å². The van der Waals surface area contributed by atoms with E-state index in [9.17, 15) is 9.59 Å². The summed E-state index contributed by atoms with van der Waals surface area (Å²) >= 11 is 0. The molecule has 0 aromatic rings. The Morgan fingerprint density at radius 1 is 1.20 bits per heavy atom. The lowest BCUT2D eigenvalue weighted by atomic mass is 10.2. The van der Waals surface area contributed by atoms with Gasteiger partial charge < -0.3 is 14.6 Å². The monoisotopic (exact) mass is 216 g/mol. The molecule has 0 unspecified atom stereocenters. The molecular weight excluding hydrogens is 200 g/mol. The van der Waals surface area contributed by atoms with E-state index < -0.39 is 11.9 Å². The fourth-order valence-electron chi connectivity index (χ4n) is 0.843. The number of esters is 1. The molecule has 0 saturated heterocycles. The summed E-state index contributed by atoms with van der Waals surface area (Å²) in [6, 6.07) is 0. The van der Waals surface area contributed by atoms with E-state index in [0.29, 0.717) is 26.1 Å². The van der Waals surface area contributed by atoms with Crippen LogP contribution >= 0.6 is 0 Å². The van der Waals surface area contributed by atoms with Gasteiger partial charge in [0.1, 0.15) is 6.61 Å². The van der Waals surface area contributed by atoms with Crippen molar-refractivity contribution in [3.05, 3.63) is 12.7 Å². The molecule has 0 aliphatic heterocycles. The molecule has 0 amide bonds. The first-order valence-corrected chi connectivity index (χ1v) is 4.75. The number of carbonyl (C=O) groups is 2. The summed E-state index contributed by atoms with van der Waals surface area (Å²) in [5, 5.41) is 8.33. The van der Waals surface area contributed by atoms with Gasteiger partial charge in [-0.05, 0) is 12.8 Å². The van der Waals surface area contributed by atoms with Crippen LogP contribution in [0.5, 0.6) is 0 Å². The number of hydrogen-bond donors (Lipinski definition) is 1. The average molecular weight is 216 g/mol. The first kappa shape index (κ1) is 13.6. The molecule has 1 N–H and O–H groups in total. The summed E-state index contributed by atoms with van der Waals surface area (Å²) in [6.07, 6.45) is 2.55. The molecule has 86 valence electrons. The molecule has 0 saturated carbocycles. The van der Waals surface area contributed by atoms with E-state index in [0.717, 1.165) is 6.08 Å². The zero-order chi connectivity index (χ0) is 11.5. The highest BCUT2D eigenvalue weighted by Gasteiger charge is 1.97. The standard InChI is InChI=1S/C10H16O5/c1-2-10(13)15-8-7-14-6-4-3-5-9(11)12/h2H,1,3-8H2,(H,11,12). The molecule has 0 radical (unpaired) electrons. The molecule has 0 rings (SSSR count). The molecular formula is C10H16O5. The van der Waals surface area contributed by atoms with Crippen molar-refractivity contribution in [1.82, 2.24) is 0 Å². The fraction of sp³-hybridized carbons (Fsp3) is 0.600. The lowest BCUT2D eigenvalue weighted by Crippen LogP contribution is -2.09. The van der Waals surface area contributed by atoms with E-state index in [2.05, 4.69) is 11.3 Å². The van der Waals surface area contributed by atoms with Crippen LogP contribution in [0.1, 0.15) is 19.3 Å². The second kappa shape index (κ2) is 9.21. The minimum atomic E-state index is -0.796. The van der Waals surface area contributed by atoms with E-state index >= 15 is 0 Å². The minimum absolute atomic E-state index is 0.162. The van der Waals surface area contributed by atoms with Crippen LogP contribution in [0.4, 0.5) is 0 Å². The van der Waals surface area contributed by atoms with Crippen LogP contribution in [-0.2, 0) is 19.1 Å². The smallest absolute Gasteiger partial charge is 0.330 e. The van der Waals surface area contributed by atoms with E-state index in [1.54, 1.807) is 0 Å². The van der Waals surface area contributed by atoms with Gasteiger partial charge in [-0.25, -0.2) is 4.79 Å². The molecule has 0 spiro atoms. The second-order valence-corrected chi connectivity index (χ2v) is 2.83. The van der Waals surface area contributed by atoms with Gasteiger partial charge in [-0.1, -0.05) is 6.58 Å². The molecule has 0 bridgehead atoms. The highest BCUT2D eigenvalue weighted by Crippen LogP contribution is 1.95. The van der Waals surface area contributed by atoms with Crippen molar-refractivity contribution in [1.29, 1.82) is 0 Å². The molecule has 5 heteroatoms. The number of unbranched alkanes of at least 4 members (excludes halogenated alkanes) is 1. The molecule has 0 fully saturated rings. The molecule has 0 heterocycles. The Morgan fingerprint density at radius 3 is 2.53 bits per heavy atom. The van der Waals surface area contributed by atoms with Crippen LogP contribution in [0.25, 0.3) is 0 Å². The zero-order valence-corrected chi connectivity index (χ0v) is 8.61. The number of aliphatic carboxylic acids is 1. The Labute approximate surface area is 88.7 Å². The number of carboxylic acids is 1. The maximum absolute atomic E-state index is 10.6. The van der Waals surface area contributed by atoms with Crippen LogP contribution in [0.3, 0.4) is 0 Å². The summed E-state index contributed by atoms with van der Waals surface area (Å²) < 4.78 is 9.77. The largest absolute Gasteiger partial charge is 0.481 e. The number of rotatable bonds is 9. The highest BCUT2D eigenvalue weighted by atomic mass is 16.6. The Morgan fingerprint density at radius 2 is 1.93 bits per heavy atom. The van der Waals surface area contributed by atoms with Crippen molar-refractivity contribution >= 4 is 11.9 Å². The van der Waals surface area contributed by atoms with Gasteiger partial charge in [0.05, 0.1) is 6.61 Å². The van der Waals surface area contributed by atoms with Crippen LogP contribution in [-0.4, -0.2) is 36.9 Å². The van der Waals surface area contributed by atoms with Crippen LogP contribution in [0, 0.1) is 0 Å². The molecule has 15 heavy (non-hydrogen) atoms. The van der Waals surface area contributed by atoms with Crippen LogP contribution in [0.2, 0.25) is 0 Å². The lowest BCUT2D eigenvalue weighted by molar-refractivity contribution is -0.139. The highest BCUT2D eigenvalue weighted by molar-refractivity contribution is 5.81. The molecule has 0 aromatic carbocycles. The Bertz CT molecular complexity index is 212. The van der Waals surface area contributed by atoms with E-state index in [-0.39, 0.29) is 13.0 Å². The predicted molar refractivity (Wildman–Crippen MR) is 53.5 cm³/mol. The topological polar surface area (TPSA) is 72.8 Å². The van der Waals surface area contributed by atoms with Crippen molar-refractivity contribution in [2.75, 3.05) is 19.8 Å². The van der Waals surface area contributed by atoms with E-state index in [4.69, 9.17) is 9.84 Å². The minimum Gasteiger partial charge on any atom is -0.481 e. The maximum atomic E-state index is 10.6. The molecule has 0 aliphatic carbocycles. The maximum Gasteiger partial charge on any atom is 0.330 e. The van der Waals surface area contributed by atoms with Gasteiger partial charge in [0.2, 0.25) is 0 Å². The summed E-state index contributed by atoms with van der Waals surface area (Å²) in [7, 11) is 0. The molecule has 0 aromatic heterocycles. The lowest BCUT2D eigenvalue weighted by Gasteiger charge is -2.03. The van der Waals surface area contributed by atoms with Crippen molar-refractivity contribution in [3.63, 3.8) is 0 Å². The third kappa shape index (κ3) is 10.6. The van der Waals surface area contributed by atoms with Crippen molar-refractivity contribution in [3.8, 4) is 0 Å².